The van der Waals surface area contributed by atoms with Crippen LogP contribution in [-0.4, -0.2) is 34.1 Å². The minimum atomic E-state index is -0.175. The molecule has 0 unspecified atom stereocenters. The summed E-state index contributed by atoms with van der Waals surface area (Å²) in [7, 11) is 0. The quantitative estimate of drug-likeness (QED) is 0.475. The van der Waals surface area contributed by atoms with Crippen LogP contribution in [0.5, 0.6) is 5.75 Å². The number of nitrogens with zero attached hydrogens (tertiary/aromatic N) is 3. The SMILES string of the molecule is C=CCOc1ccc(C(=O)N(CC=C)Cc2nc(-c3ccc(Cl)cc3)no2)cc1. The summed E-state index contributed by atoms with van der Waals surface area (Å²) in [5.41, 5.74) is 1.30. The number of ether oxygens (including phenoxy) is 1. The highest BCUT2D eigenvalue weighted by Gasteiger charge is 2.19. The van der Waals surface area contributed by atoms with Crippen molar-refractivity contribution in [1.82, 2.24) is 15.0 Å². The Kier molecular flexibility index (Phi) is 6.81. The van der Waals surface area contributed by atoms with Crippen LogP contribution in [0.15, 0.2) is 78.4 Å². The van der Waals surface area contributed by atoms with Gasteiger partial charge in [-0.05, 0) is 48.5 Å². The summed E-state index contributed by atoms with van der Waals surface area (Å²) in [6, 6.07) is 14.0. The smallest absolute Gasteiger partial charge is 0.254 e. The van der Waals surface area contributed by atoms with Crippen molar-refractivity contribution in [3.8, 4) is 17.1 Å². The summed E-state index contributed by atoms with van der Waals surface area (Å²) in [5, 5.41) is 4.61. The molecular weight excluding hydrogens is 390 g/mol. The van der Waals surface area contributed by atoms with Crippen molar-refractivity contribution in [2.45, 2.75) is 6.54 Å². The van der Waals surface area contributed by atoms with E-state index < -0.39 is 0 Å². The summed E-state index contributed by atoms with van der Waals surface area (Å²) < 4.78 is 10.8. The molecule has 1 aromatic heterocycles. The molecule has 148 valence electrons. The molecule has 1 heterocycles. The molecule has 3 rings (SSSR count). The zero-order valence-corrected chi connectivity index (χ0v) is 16.5. The van der Waals surface area contributed by atoms with Crippen LogP contribution in [0.2, 0.25) is 5.02 Å². The second kappa shape index (κ2) is 9.71. The van der Waals surface area contributed by atoms with Crippen molar-refractivity contribution < 1.29 is 14.1 Å². The molecule has 6 nitrogen and oxygen atoms in total. The molecular formula is C22H20ClN3O3. The van der Waals surface area contributed by atoms with Crippen LogP contribution in [0.4, 0.5) is 0 Å². The van der Waals surface area contributed by atoms with Gasteiger partial charge in [-0.2, -0.15) is 4.98 Å². The van der Waals surface area contributed by atoms with Gasteiger partial charge in [-0.1, -0.05) is 35.5 Å². The summed E-state index contributed by atoms with van der Waals surface area (Å²) in [4.78, 5) is 18.8. The number of carbonyl (C=O) groups excluding carboxylic acids is 1. The minimum absolute atomic E-state index is 0.167. The highest BCUT2D eigenvalue weighted by molar-refractivity contribution is 6.30. The van der Waals surface area contributed by atoms with Gasteiger partial charge in [-0.3, -0.25) is 4.79 Å². The molecule has 0 aliphatic carbocycles. The Morgan fingerprint density at radius 1 is 1.10 bits per heavy atom. The van der Waals surface area contributed by atoms with Crippen molar-refractivity contribution in [3.05, 3.63) is 90.3 Å². The van der Waals surface area contributed by atoms with Crippen molar-refractivity contribution in [2.24, 2.45) is 0 Å². The number of hydrogen-bond acceptors (Lipinski definition) is 5. The lowest BCUT2D eigenvalue weighted by Crippen LogP contribution is -2.30. The van der Waals surface area contributed by atoms with Crippen LogP contribution in [0.1, 0.15) is 16.2 Å². The van der Waals surface area contributed by atoms with E-state index in [1.807, 2.05) is 0 Å². The molecule has 29 heavy (non-hydrogen) atoms. The fraction of sp³-hybridized carbons (Fsp3) is 0.136. The van der Waals surface area contributed by atoms with Crippen LogP contribution in [0.25, 0.3) is 11.4 Å². The number of halogens is 1. The average Bonchev–Trinajstić information content (AvgIpc) is 3.21. The van der Waals surface area contributed by atoms with Crippen molar-refractivity contribution >= 4 is 17.5 Å². The van der Waals surface area contributed by atoms with Gasteiger partial charge in [0.1, 0.15) is 18.9 Å². The lowest BCUT2D eigenvalue weighted by atomic mass is 10.2. The molecule has 0 saturated carbocycles. The summed E-state index contributed by atoms with van der Waals surface area (Å²) in [5.74, 6) is 1.26. The Morgan fingerprint density at radius 2 is 1.83 bits per heavy atom. The maximum atomic E-state index is 12.9. The van der Waals surface area contributed by atoms with Crippen LogP contribution >= 0.6 is 11.6 Å². The fourth-order valence-corrected chi connectivity index (χ4v) is 2.73. The first kappa shape index (κ1) is 20.4. The number of benzene rings is 2. The molecule has 0 saturated heterocycles. The first-order valence-corrected chi connectivity index (χ1v) is 9.31. The first-order chi connectivity index (χ1) is 14.1. The number of hydrogen-bond donors (Lipinski definition) is 0. The van der Waals surface area contributed by atoms with Gasteiger partial charge in [0.05, 0.1) is 0 Å². The molecule has 0 bridgehead atoms. The minimum Gasteiger partial charge on any atom is -0.490 e. The van der Waals surface area contributed by atoms with Crippen LogP contribution < -0.4 is 4.74 Å². The Labute approximate surface area is 174 Å². The van der Waals surface area contributed by atoms with Crippen LogP contribution in [-0.2, 0) is 6.54 Å². The Morgan fingerprint density at radius 3 is 2.48 bits per heavy atom. The Bertz CT molecular complexity index is 981. The lowest BCUT2D eigenvalue weighted by Gasteiger charge is -2.19. The van der Waals surface area contributed by atoms with Gasteiger partial charge in [0.25, 0.3) is 5.91 Å². The zero-order valence-electron chi connectivity index (χ0n) is 15.8. The van der Waals surface area contributed by atoms with Crippen molar-refractivity contribution in [2.75, 3.05) is 13.2 Å². The van der Waals surface area contributed by atoms with E-state index in [1.54, 1.807) is 65.6 Å². The summed E-state index contributed by atoms with van der Waals surface area (Å²) in [6.07, 6.45) is 3.31. The Hall–Kier alpha value is -3.38. The molecule has 0 aliphatic rings. The Balaban J connectivity index is 1.72. The first-order valence-electron chi connectivity index (χ1n) is 8.93. The van der Waals surface area contributed by atoms with Crippen molar-refractivity contribution in [3.63, 3.8) is 0 Å². The predicted molar refractivity (Wildman–Crippen MR) is 112 cm³/mol. The van der Waals surface area contributed by atoms with Gasteiger partial charge >= 0.3 is 0 Å². The number of rotatable bonds is 9. The van der Waals surface area contributed by atoms with Gasteiger partial charge < -0.3 is 14.2 Å². The van der Waals surface area contributed by atoms with Crippen LogP contribution in [0, 0.1) is 0 Å². The number of carbonyl (C=O) groups is 1. The lowest BCUT2D eigenvalue weighted by molar-refractivity contribution is 0.0745. The maximum absolute atomic E-state index is 12.9. The third-order valence-corrected chi connectivity index (χ3v) is 4.25. The van der Waals surface area contributed by atoms with Gasteiger partial charge in [-0.15, -0.1) is 6.58 Å². The van der Waals surface area contributed by atoms with Gasteiger partial charge in [0.15, 0.2) is 0 Å². The normalized spacial score (nSPS) is 10.4. The second-order valence-electron chi connectivity index (χ2n) is 6.12. The van der Waals surface area contributed by atoms with Crippen molar-refractivity contribution in [1.29, 1.82) is 0 Å². The molecule has 0 fully saturated rings. The van der Waals surface area contributed by atoms with E-state index in [0.29, 0.717) is 41.2 Å². The molecule has 0 radical (unpaired) electrons. The predicted octanol–water partition coefficient (Wildman–Crippen LogP) is 4.78. The third kappa shape index (κ3) is 5.33. The highest BCUT2D eigenvalue weighted by atomic mass is 35.5. The van der Waals surface area contributed by atoms with E-state index in [4.69, 9.17) is 20.9 Å². The average molecular weight is 410 g/mol. The number of amides is 1. The van der Waals surface area contributed by atoms with E-state index in [1.165, 1.54) is 0 Å². The monoisotopic (exact) mass is 409 g/mol. The highest BCUT2D eigenvalue weighted by Crippen LogP contribution is 2.20. The second-order valence-corrected chi connectivity index (χ2v) is 6.55. The molecule has 3 aromatic rings. The van der Waals surface area contributed by atoms with Gasteiger partial charge in [-0.25, -0.2) is 0 Å². The molecule has 0 spiro atoms. The molecule has 0 aliphatic heterocycles. The van der Waals surface area contributed by atoms with Gasteiger partial charge in [0, 0.05) is 22.7 Å². The maximum Gasteiger partial charge on any atom is 0.254 e. The molecule has 7 heteroatoms. The standard InChI is InChI=1S/C22H20ClN3O3/c1-3-13-26(22(27)17-7-11-19(12-8-17)28-14-4-2)15-20-24-21(25-29-20)16-5-9-18(23)10-6-16/h3-12H,1-2,13-15H2. The third-order valence-electron chi connectivity index (χ3n) is 4.00. The number of aromatic nitrogens is 2. The summed E-state index contributed by atoms with van der Waals surface area (Å²) in [6.45, 7) is 8.25. The fourth-order valence-electron chi connectivity index (χ4n) is 2.61. The summed E-state index contributed by atoms with van der Waals surface area (Å²) >= 11 is 5.91. The van der Waals surface area contributed by atoms with Gasteiger partial charge in [0.2, 0.25) is 11.7 Å². The molecule has 1 amide bonds. The molecule has 2 aromatic carbocycles. The van der Waals surface area contributed by atoms with E-state index in [-0.39, 0.29) is 12.5 Å². The van der Waals surface area contributed by atoms with E-state index in [9.17, 15) is 4.79 Å². The molecule has 0 atom stereocenters. The van der Waals surface area contributed by atoms with Crippen LogP contribution in [0.3, 0.4) is 0 Å². The largest absolute Gasteiger partial charge is 0.490 e. The topological polar surface area (TPSA) is 68.5 Å². The molecule has 0 N–H and O–H groups in total. The zero-order chi connectivity index (χ0) is 20.6. The van der Waals surface area contributed by atoms with E-state index in [2.05, 4.69) is 23.3 Å². The van der Waals surface area contributed by atoms with E-state index in [0.717, 1.165) is 5.56 Å². The van der Waals surface area contributed by atoms with E-state index >= 15 is 0 Å².